The zero-order valence-corrected chi connectivity index (χ0v) is 10.6. The van der Waals surface area contributed by atoms with Crippen LogP contribution >= 0.6 is 12.2 Å². The lowest BCUT2D eigenvalue weighted by Gasteiger charge is -2.24. The Morgan fingerprint density at radius 1 is 1.53 bits per heavy atom. The first kappa shape index (κ1) is 13.6. The summed E-state index contributed by atoms with van der Waals surface area (Å²) in [6, 6.07) is 6.13. The van der Waals surface area contributed by atoms with Gasteiger partial charge in [-0.25, -0.2) is 4.39 Å². The summed E-state index contributed by atoms with van der Waals surface area (Å²) in [6.45, 7) is 3.76. The molecule has 0 saturated heterocycles. The van der Waals surface area contributed by atoms with E-state index in [-0.39, 0.29) is 16.6 Å². The minimum atomic E-state index is -0.593. The van der Waals surface area contributed by atoms with Gasteiger partial charge in [-0.2, -0.15) is 0 Å². The first-order valence-electron chi connectivity index (χ1n) is 5.34. The Hall–Kier alpha value is -1.49. The molecule has 0 heterocycles. The average molecular weight is 254 g/mol. The van der Waals surface area contributed by atoms with Crippen LogP contribution in [-0.4, -0.2) is 17.4 Å². The summed E-state index contributed by atoms with van der Waals surface area (Å²) in [7, 11) is 0. The Balaban J connectivity index is 3.04. The molecule has 0 aliphatic rings. The molecule has 0 spiro atoms. The van der Waals surface area contributed by atoms with E-state index in [1.54, 1.807) is 32.0 Å². The normalized spacial score (nSPS) is 11.9. The molecule has 0 bridgehead atoms. The van der Waals surface area contributed by atoms with Gasteiger partial charge in [0.05, 0.1) is 16.6 Å². The molecule has 3 nitrogen and oxygen atoms in total. The number of thiocarbonyl (C=S) groups is 1. The summed E-state index contributed by atoms with van der Waals surface area (Å²) in [6.07, 6.45) is 0. The first-order chi connectivity index (χ1) is 7.99. The maximum atomic E-state index is 13.6. The van der Waals surface area contributed by atoms with Crippen LogP contribution in [0.1, 0.15) is 13.8 Å². The summed E-state index contributed by atoms with van der Waals surface area (Å²) in [4.78, 5) is 13.5. The summed E-state index contributed by atoms with van der Waals surface area (Å²) in [5, 5.41) is 0. The zero-order valence-electron chi connectivity index (χ0n) is 9.81. The molecule has 1 unspecified atom stereocenters. The van der Waals surface area contributed by atoms with Gasteiger partial charge in [-0.15, -0.1) is 0 Å². The van der Waals surface area contributed by atoms with E-state index in [0.29, 0.717) is 6.54 Å². The molecule has 1 rings (SSSR count). The highest BCUT2D eigenvalue weighted by Crippen LogP contribution is 2.20. The van der Waals surface area contributed by atoms with Crippen molar-refractivity contribution in [3.8, 4) is 0 Å². The number of hydrogen-bond donors (Lipinski definition) is 1. The van der Waals surface area contributed by atoms with Crippen LogP contribution in [0.15, 0.2) is 24.3 Å². The molecule has 0 saturated carbocycles. The van der Waals surface area contributed by atoms with Crippen molar-refractivity contribution in [2.24, 2.45) is 11.7 Å². The van der Waals surface area contributed by atoms with E-state index in [1.807, 2.05) is 0 Å². The first-order valence-corrected chi connectivity index (χ1v) is 5.75. The molecular weight excluding hydrogens is 239 g/mol. The molecule has 1 aromatic rings. The summed E-state index contributed by atoms with van der Waals surface area (Å²) in [5.41, 5.74) is 5.69. The number of benzene rings is 1. The Morgan fingerprint density at radius 2 is 2.12 bits per heavy atom. The molecule has 17 heavy (non-hydrogen) atoms. The van der Waals surface area contributed by atoms with Gasteiger partial charge in [0.2, 0.25) is 5.91 Å². The molecular formula is C12H15FN2OS. The van der Waals surface area contributed by atoms with Gasteiger partial charge in [-0.3, -0.25) is 4.79 Å². The van der Waals surface area contributed by atoms with Crippen molar-refractivity contribution in [2.45, 2.75) is 13.8 Å². The molecule has 0 aliphatic carbocycles. The third-order valence-corrected chi connectivity index (χ3v) is 2.88. The number of para-hydroxylation sites is 1. The van der Waals surface area contributed by atoms with Crippen LogP contribution < -0.4 is 10.6 Å². The predicted octanol–water partition coefficient (Wildman–Crippen LogP) is 2.10. The fourth-order valence-corrected chi connectivity index (χ4v) is 1.57. The quantitative estimate of drug-likeness (QED) is 0.837. The lowest BCUT2D eigenvalue weighted by Crippen LogP contribution is -2.40. The van der Waals surface area contributed by atoms with E-state index < -0.39 is 11.7 Å². The highest BCUT2D eigenvalue weighted by Gasteiger charge is 2.24. The van der Waals surface area contributed by atoms with Crippen molar-refractivity contribution >= 4 is 28.8 Å². The second-order valence-electron chi connectivity index (χ2n) is 3.66. The molecule has 1 aromatic carbocycles. The number of amides is 1. The molecule has 1 amide bonds. The minimum absolute atomic E-state index is 0.116. The van der Waals surface area contributed by atoms with Gasteiger partial charge < -0.3 is 10.6 Å². The van der Waals surface area contributed by atoms with Crippen molar-refractivity contribution < 1.29 is 9.18 Å². The van der Waals surface area contributed by atoms with Gasteiger partial charge in [0.15, 0.2) is 0 Å². The Morgan fingerprint density at radius 3 is 2.59 bits per heavy atom. The zero-order chi connectivity index (χ0) is 13.0. The average Bonchev–Trinajstić information content (AvgIpc) is 2.31. The van der Waals surface area contributed by atoms with E-state index in [0.717, 1.165) is 0 Å². The lowest BCUT2D eigenvalue weighted by atomic mass is 10.1. The van der Waals surface area contributed by atoms with E-state index in [1.165, 1.54) is 11.0 Å². The van der Waals surface area contributed by atoms with Crippen molar-refractivity contribution in [3.63, 3.8) is 0 Å². The smallest absolute Gasteiger partial charge is 0.236 e. The maximum Gasteiger partial charge on any atom is 0.236 e. The van der Waals surface area contributed by atoms with E-state index in [4.69, 9.17) is 18.0 Å². The SMILES string of the molecule is CCN(C(=O)C(C)C(N)=S)c1ccccc1F. The van der Waals surface area contributed by atoms with Crippen LogP contribution in [0.2, 0.25) is 0 Å². The number of nitrogens with zero attached hydrogens (tertiary/aromatic N) is 1. The molecule has 5 heteroatoms. The van der Waals surface area contributed by atoms with Crippen LogP contribution in [-0.2, 0) is 4.79 Å². The summed E-state index contributed by atoms with van der Waals surface area (Å²) < 4.78 is 13.6. The van der Waals surface area contributed by atoms with Gasteiger partial charge in [-0.1, -0.05) is 24.4 Å². The molecule has 2 N–H and O–H groups in total. The van der Waals surface area contributed by atoms with Gasteiger partial charge in [0.1, 0.15) is 5.82 Å². The molecule has 0 fully saturated rings. The highest BCUT2D eigenvalue weighted by molar-refractivity contribution is 7.80. The number of rotatable bonds is 4. The second kappa shape index (κ2) is 5.72. The lowest BCUT2D eigenvalue weighted by molar-refractivity contribution is -0.120. The van der Waals surface area contributed by atoms with Crippen molar-refractivity contribution in [3.05, 3.63) is 30.1 Å². The molecule has 0 aromatic heterocycles. The van der Waals surface area contributed by atoms with E-state index >= 15 is 0 Å². The maximum absolute atomic E-state index is 13.6. The molecule has 0 radical (unpaired) electrons. The topological polar surface area (TPSA) is 46.3 Å². The number of carbonyl (C=O) groups excluding carboxylic acids is 1. The monoisotopic (exact) mass is 254 g/mol. The summed E-state index contributed by atoms with van der Waals surface area (Å²) >= 11 is 4.78. The van der Waals surface area contributed by atoms with Crippen molar-refractivity contribution in [1.29, 1.82) is 0 Å². The Kier molecular flexibility index (Phi) is 4.57. The standard InChI is InChI=1S/C12H15FN2OS/c1-3-15(12(16)8(2)11(14)17)10-7-5-4-6-9(10)13/h4-8H,3H2,1-2H3,(H2,14,17). The molecule has 1 atom stereocenters. The van der Waals surface area contributed by atoms with Gasteiger partial charge in [0.25, 0.3) is 0 Å². The number of nitrogens with two attached hydrogens (primary N) is 1. The third kappa shape index (κ3) is 3.00. The fourth-order valence-electron chi connectivity index (χ4n) is 1.47. The minimum Gasteiger partial charge on any atom is -0.393 e. The second-order valence-corrected chi connectivity index (χ2v) is 4.13. The van der Waals surface area contributed by atoms with Gasteiger partial charge in [-0.05, 0) is 26.0 Å². The largest absolute Gasteiger partial charge is 0.393 e. The number of halogens is 1. The van der Waals surface area contributed by atoms with E-state index in [9.17, 15) is 9.18 Å². The molecule has 0 aliphatic heterocycles. The molecule has 92 valence electrons. The highest BCUT2D eigenvalue weighted by atomic mass is 32.1. The fraction of sp³-hybridized carbons (Fsp3) is 0.333. The van der Waals surface area contributed by atoms with Crippen molar-refractivity contribution in [1.82, 2.24) is 0 Å². The van der Waals surface area contributed by atoms with Crippen LogP contribution in [0.4, 0.5) is 10.1 Å². The van der Waals surface area contributed by atoms with Crippen LogP contribution in [0.3, 0.4) is 0 Å². The number of carbonyl (C=O) groups is 1. The van der Waals surface area contributed by atoms with Crippen molar-refractivity contribution in [2.75, 3.05) is 11.4 Å². The Labute approximate surface area is 105 Å². The summed E-state index contributed by atoms with van der Waals surface area (Å²) in [5.74, 6) is -1.31. The van der Waals surface area contributed by atoms with Gasteiger partial charge >= 0.3 is 0 Å². The third-order valence-electron chi connectivity index (χ3n) is 2.52. The van der Waals surface area contributed by atoms with Crippen LogP contribution in [0, 0.1) is 11.7 Å². The van der Waals surface area contributed by atoms with E-state index in [2.05, 4.69) is 0 Å². The number of hydrogen-bond acceptors (Lipinski definition) is 2. The van der Waals surface area contributed by atoms with Crippen LogP contribution in [0.5, 0.6) is 0 Å². The van der Waals surface area contributed by atoms with Crippen LogP contribution in [0.25, 0.3) is 0 Å². The Bertz CT molecular complexity index is 436. The number of anilines is 1. The van der Waals surface area contributed by atoms with Gasteiger partial charge in [0, 0.05) is 6.54 Å². The predicted molar refractivity (Wildman–Crippen MR) is 70.4 cm³/mol.